The van der Waals surface area contributed by atoms with E-state index in [0.29, 0.717) is 6.42 Å². The van der Waals surface area contributed by atoms with E-state index in [1.807, 2.05) is 0 Å². The summed E-state index contributed by atoms with van der Waals surface area (Å²) in [6.07, 6.45) is 46.9. The molecule has 0 aromatic carbocycles. The van der Waals surface area contributed by atoms with E-state index in [9.17, 15) is 14.4 Å². The van der Waals surface area contributed by atoms with Crippen molar-refractivity contribution in [2.75, 3.05) is 0 Å². The summed E-state index contributed by atoms with van der Waals surface area (Å²) < 4.78 is 0. The molecule has 0 aliphatic rings. The monoisotopic (exact) mass is 749 g/mol. The zero-order valence-corrected chi connectivity index (χ0v) is 36.3. The molecular weight excluding hydrogens is 657 g/mol. The van der Waals surface area contributed by atoms with Gasteiger partial charge in [-0.2, -0.15) is 0 Å². The van der Waals surface area contributed by atoms with Gasteiger partial charge < -0.3 is 0 Å². The van der Waals surface area contributed by atoms with Crippen LogP contribution in [-0.4, -0.2) is 17.7 Å². The number of Topliss-reactive ketones (excluding diaryl/α,β-unsaturated/α-hetero) is 1. The molecule has 53 heavy (non-hydrogen) atoms. The van der Waals surface area contributed by atoms with Crippen molar-refractivity contribution in [1.82, 2.24) is 0 Å². The average molecular weight is 749 g/mol. The summed E-state index contributed by atoms with van der Waals surface area (Å²) in [5, 5.41) is 0. The molecule has 0 saturated carbocycles. The van der Waals surface area contributed by atoms with E-state index in [1.54, 1.807) is 0 Å². The lowest BCUT2D eigenvalue weighted by atomic mass is 9.74. The highest BCUT2D eigenvalue weighted by Crippen LogP contribution is 2.39. The van der Waals surface area contributed by atoms with Gasteiger partial charge in [-0.3, -0.25) is 4.79 Å². The summed E-state index contributed by atoms with van der Waals surface area (Å²) >= 11 is 0. The first-order valence-corrected chi connectivity index (χ1v) is 23.9. The third kappa shape index (κ3) is 32.6. The van der Waals surface area contributed by atoms with Crippen LogP contribution < -0.4 is 0 Å². The zero-order chi connectivity index (χ0) is 38.9. The molecule has 0 aromatic rings. The Bertz CT molecular complexity index is 810. The Morgan fingerprint density at radius 3 is 0.906 bits per heavy atom. The maximum atomic E-state index is 13.7. The molecule has 0 amide bonds. The molecule has 0 saturated heterocycles. The standard InChI is InChI=1S/C48H92O5/c1-5-9-13-16-19-21-23-25-27-29-31-33-35-38-41-45(49)46(50)52-53-47(51)48(42-12-8-4,43-39-36-18-15-11-7-3)44-40-37-34-32-30-28-26-24-22-20-17-14-10-6-2/h5-44H2,1-4H3. The molecule has 0 aliphatic heterocycles. The predicted octanol–water partition coefficient (Wildman–Crippen LogP) is 16.2. The van der Waals surface area contributed by atoms with Gasteiger partial charge in [-0.15, -0.1) is 0 Å². The SMILES string of the molecule is CCCCCCCCCCCCCCCCC(=O)C(=O)OOC(=O)C(CCCC)(CCCCCCCC)CCCCCCCCCCCCCCCC. The van der Waals surface area contributed by atoms with Crippen molar-refractivity contribution in [3.63, 3.8) is 0 Å². The highest BCUT2D eigenvalue weighted by molar-refractivity contribution is 6.33. The summed E-state index contributed by atoms with van der Waals surface area (Å²) in [5.74, 6) is -2.04. The molecule has 1 unspecified atom stereocenters. The van der Waals surface area contributed by atoms with Crippen molar-refractivity contribution in [2.24, 2.45) is 5.41 Å². The lowest BCUT2D eigenvalue weighted by Gasteiger charge is -2.31. The average Bonchev–Trinajstić information content (AvgIpc) is 3.16. The smallest absolute Gasteiger partial charge is 0.287 e. The van der Waals surface area contributed by atoms with E-state index >= 15 is 0 Å². The first-order chi connectivity index (χ1) is 26.0. The number of unbranched alkanes of at least 4 members (excludes halogenated alkanes) is 32. The molecule has 0 fully saturated rings. The fourth-order valence-corrected chi connectivity index (χ4v) is 7.89. The minimum Gasteiger partial charge on any atom is -0.287 e. The second kappa shape index (κ2) is 40.3. The lowest BCUT2D eigenvalue weighted by Crippen LogP contribution is -2.35. The highest BCUT2D eigenvalue weighted by atomic mass is 17.2. The zero-order valence-electron chi connectivity index (χ0n) is 36.3. The molecule has 0 heterocycles. The fourth-order valence-electron chi connectivity index (χ4n) is 7.89. The second-order valence-electron chi connectivity index (χ2n) is 16.8. The first-order valence-electron chi connectivity index (χ1n) is 23.9. The Hall–Kier alpha value is -1.39. The minimum absolute atomic E-state index is 0.159. The van der Waals surface area contributed by atoms with E-state index in [-0.39, 0.29) is 6.42 Å². The molecular formula is C48H92O5. The van der Waals surface area contributed by atoms with Crippen LogP contribution in [0.2, 0.25) is 0 Å². The van der Waals surface area contributed by atoms with Crippen molar-refractivity contribution in [2.45, 2.75) is 285 Å². The molecule has 0 rings (SSSR count). The van der Waals surface area contributed by atoms with E-state index in [1.165, 1.54) is 173 Å². The van der Waals surface area contributed by atoms with E-state index in [4.69, 9.17) is 9.78 Å². The Labute approximate surface area is 331 Å². The molecule has 314 valence electrons. The van der Waals surface area contributed by atoms with Crippen molar-refractivity contribution < 1.29 is 24.2 Å². The first kappa shape index (κ1) is 51.6. The van der Waals surface area contributed by atoms with Gasteiger partial charge in [0.2, 0.25) is 5.78 Å². The summed E-state index contributed by atoms with van der Waals surface area (Å²) in [7, 11) is 0. The van der Waals surface area contributed by atoms with Crippen molar-refractivity contribution in [1.29, 1.82) is 0 Å². The van der Waals surface area contributed by atoms with E-state index in [2.05, 4.69) is 27.7 Å². The van der Waals surface area contributed by atoms with Crippen molar-refractivity contribution in [3.8, 4) is 0 Å². The van der Waals surface area contributed by atoms with Crippen LogP contribution in [-0.2, 0) is 24.2 Å². The molecule has 5 heteroatoms. The Balaban J connectivity index is 4.58. The molecule has 0 N–H and O–H groups in total. The van der Waals surface area contributed by atoms with Crippen molar-refractivity contribution in [3.05, 3.63) is 0 Å². The number of carbonyl (C=O) groups excluding carboxylic acids is 3. The summed E-state index contributed by atoms with van der Waals surface area (Å²) in [4.78, 5) is 49.1. The van der Waals surface area contributed by atoms with Crippen LogP contribution >= 0.6 is 0 Å². The summed E-state index contributed by atoms with van der Waals surface area (Å²) in [6, 6.07) is 0. The molecule has 0 radical (unpaired) electrons. The van der Waals surface area contributed by atoms with Gasteiger partial charge in [-0.05, 0) is 25.7 Å². The van der Waals surface area contributed by atoms with Gasteiger partial charge in [0.25, 0.3) is 0 Å². The third-order valence-corrected chi connectivity index (χ3v) is 11.6. The fraction of sp³-hybridized carbons (Fsp3) is 0.938. The van der Waals surface area contributed by atoms with Gasteiger partial charge in [0.15, 0.2) is 0 Å². The maximum Gasteiger partial charge on any atom is 0.421 e. The van der Waals surface area contributed by atoms with E-state index in [0.717, 1.165) is 70.6 Å². The van der Waals surface area contributed by atoms with Crippen LogP contribution in [0.5, 0.6) is 0 Å². The van der Waals surface area contributed by atoms with Gasteiger partial charge in [0.05, 0.1) is 5.41 Å². The largest absolute Gasteiger partial charge is 0.421 e. The number of hydrogen-bond donors (Lipinski definition) is 0. The molecule has 0 aliphatic carbocycles. The Morgan fingerprint density at radius 1 is 0.321 bits per heavy atom. The molecule has 0 bridgehead atoms. The highest BCUT2D eigenvalue weighted by Gasteiger charge is 2.40. The Morgan fingerprint density at radius 2 is 0.585 bits per heavy atom. The molecule has 0 spiro atoms. The lowest BCUT2D eigenvalue weighted by molar-refractivity contribution is -0.265. The third-order valence-electron chi connectivity index (χ3n) is 11.6. The normalized spacial score (nSPS) is 12.5. The van der Waals surface area contributed by atoms with Gasteiger partial charge >= 0.3 is 11.9 Å². The second-order valence-corrected chi connectivity index (χ2v) is 16.8. The van der Waals surface area contributed by atoms with Crippen LogP contribution in [0, 0.1) is 5.41 Å². The summed E-state index contributed by atoms with van der Waals surface area (Å²) in [6.45, 7) is 8.93. The van der Waals surface area contributed by atoms with Crippen LogP contribution in [0.4, 0.5) is 0 Å². The van der Waals surface area contributed by atoms with Gasteiger partial charge in [-0.1, -0.05) is 252 Å². The van der Waals surface area contributed by atoms with Crippen LogP contribution in [0.15, 0.2) is 0 Å². The maximum absolute atomic E-state index is 13.7. The van der Waals surface area contributed by atoms with Crippen LogP contribution in [0.25, 0.3) is 0 Å². The van der Waals surface area contributed by atoms with Gasteiger partial charge in [0, 0.05) is 6.42 Å². The van der Waals surface area contributed by atoms with Crippen molar-refractivity contribution >= 4 is 17.7 Å². The summed E-state index contributed by atoms with van der Waals surface area (Å²) in [5.41, 5.74) is -0.643. The Kier molecular flexibility index (Phi) is 39.2. The topological polar surface area (TPSA) is 69.7 Å². The van der Waals surface area contributed by atoms with Crippen LogP contribution in [0.1, 0.15) is 285 Å². The number of carbonyl (C=O) groups is 3. The van der Waals surface area contributed by atoms with E-state index < -0.39 is 23.1 Å². The number of hydrogen-bond acceptors (Lipinski definition) is 5. The number of rotatable bonds is 42. The van der Waals surface area contributed by atoms with Gasteiger partial charge in [-0.25, -0.2) is 19.4 Å². The molecule has 1 atom stereocenters. The quantitative estimate of drug-likeness (QED) is 0.0269. The number of ketones is 1. The van der Waals surface area contributed by atoms with Crippen LogP contribution in [0.3, 0.4) is 0 Å². The molecule has 5 nitrogen and oxygen atoms in total. The minimum atomic E-state index is -1.02. The molecule has 0 aromatic heterocycles. The predicted molar refractivity (Wildman–Crippen MR) is 227 cm³/mol. The van der Waals surface area contributed by atoms with Gasteiger partial charge in [0.1, 0.15) is 0 Å².